The van der Waals surface area contributed by atoms with Gasteiger partial charge < -0.3 is 9.72 Å². The van der Waals surface area contributed by atoms with Crippen molar-refractivity contribution in [2.75, 3.05) is 5.32 Å². The van der Waals surface area contributed by atoms with Crippen LogP contribution >= 0.6 is 0 Å². The van der Waals surface area contributed by atoms with E-state index in [1.165, 1.54) is 6.20 Å². The molecule has 0 unspecified atom stereocenters. The zero-order valence-electron chi connectivity index (χ0n) is 14.5. The molecule has 26 heavy (non-hydrogen) atoms. The van der Waals surface area contributed by atoms with Crippen LogP contribution in [0.5, 0.6) is 0 Å². The smallest absolute Gasteiger partial charge is 0.275 e. The molecule has 6 heteroatoms. The number of imidazole rings is 1. The van der Waals surface area contributed by atoms with Crippen molar-refractivity contribution >= 4 is 17.2 Å². The van der Waals surface area contributed by atoms with Gasteiger partial charge in [-0.1, -0.05) is 18.2 Å². The molecule has 0 radical (unpaired) electrons. The topological polar surface area (TPSA) is 72.2 Å². The third kappa shape index (κ3) is 3.04. The molecule has 0 saturated carbocycles. The maximum Gasteiger partial charge on any atom is 0.275 e. The number of benzene rings is 1. The summed E-state index contributed by atoms with van der Waals surface area (Å²) < 4.78 is 2.00. The average Bonchev–Trinajstić information content (AvgIpc) is 3.08. The first kappa shape index (κ1) is 16.0. The van der Waals surface area contributed by atoms with Crippen LogP contribution in [0.4, 0.5) is 5.69 Å². The van der Waals surface area contributed by atoms with Crippen molar-refractivity contribution in [2.24, 2.45) is 0 Å². The van der Waals surface area contributed by atoms with Gasteiger partial charge in [0.15, 0.2) is 0 Å². The van der Waals surface area contributed by atoms with Crippen molar-refractivity contribution in [3.63, 3.8) is 0 Å². The van der Waals surface area contributed by atoms with Gasteiger partial charge in [-0.2, -0.15) is 0 Å². The molecule has 0 fully saturated rings. The van der Waals surface area contributed by atoms with E-state index >= 15 is 0 Å². The Hall–Kier alpha value is -3.54. The monoisotopic (exact) mass is 343 g/mol. The molecule has 3 aromatic heterocycles. The number of hydrogen-bond donors (Lipinski definition) is 1. The van der Waals surface area contributed by atoms with Gasteiger partial charge in [-0.05, 0) is 37.6 Å². The molecule has 0 atom stereocenters. The van der Waals surface area contributed by atoms with Crippen molar-refractivity contribution in [3.8, 4) is 11.3 Å². The van der Waals surface area contributed by atoms with Gasteiger partial charge in [0.25, 0.3) is 5.91 Å². The molecule has 6 nitrogen and oxygen atoms in total. The predicted molar refractivity (Wildman–Crippen MR) is 100 cm³/mol. The van der Waals surface area contributed by atoms with E-state index < -0.39 is 0 Å². The van der Waals surface area contributed by atoms with E-state index in [2.05, 4.69) is 15.3 Å². The minimum Gasteiger partial charge on any atom is -0.321 e. The highest BCUT2D eigenvalue weighted by Crippen LogP contribution is 2.23. The van der Waals surface area contributed by atoms with E-state index in [9.17, 15) is 4.79 Å². The number of fused-ring (bicyclic) bond motifs is 1. The highest BCUT2D eigenvalue weighted by molar-refractivity contribution is 6.02. The number of nitrogens with zero attached hydrogens (tertiary/aromatic N) is 4. The number of anilines is 1. The summed E-state index contributed by atoms with van der Waals surface area (Å²) in [6.07, 6.45) is 7.02. The van der Waals surface area contributed by atoms with E-state index in [1.807, 2.05) is 60.1 Å². The lowest BCUT2D eigenvalue weighted by Gasteiger charge is -2.06. The summed E-state index contributed by atoms with van der Waals surface area (Å²) >= 11 is 0. The zero-order chi connectivity index (χ0) is 18.1. The fourth-order valence-corrected chi connectivity index (χ4v) is 2.82. The van der Waals surface area contributed by atoms with Crippen molar-refractivity contribution < 1.29 is 4.79 Å². The van der Waals surface area contributed by atoms with Crippen LogP contribution in [-0.4, -0.2) is 25.3 Å². The molecule has 1 aromatic carbocycles. The molecule has 0 aliphatic carbocycles. The number of hydrogen-bond acceptors (Lipinski definition) is 4. The third-order valence-corrected chi connectivity index (χ3v) is 4.08. The molecular formula is C20H17N5O. The van der Waals surface area contributed by atoms with Crippen LogP contribution in [0.3, 0.4) is 0 Å². The molecule has 4 rings (SSSR count). The molecule has 1 amide bonds. The van der Waals surface area contributed by atoms with Crippen LogP contribution < -0.4 is 5.32 Å². The number of carbonyl (C=O) groups excluding carboxylic acids is 1. The summed E-state index contributed by atoms with van der Waals surface area (Å²) in [5, 5.41) is 2.86. The fourth-order valence-electron chi connectivity index (χ4n) is 2.82. The lowest BCUT2D eigenvalue weighted by molar-refractivity contribution is 0.102. The van der Waals surface area contributed by atoms with Crippen LogP contribution in [0, 0.1) is 13.8 Å². The second-order valence-corrected chi connectivity index (χ2v) is 6.13. The predicted octanol–water partition coefficient (Wildman–Crippen LogP) is 3.66. The Morgan fingerprint density at radius 1 is 1.08 bits per heavy atom. The van der Waals surface area contributed by atoms with Crippen LogP contribution in [0.25, 0.3) is 16.9 Å². The van der Waals surface area contributed by atoms with Gasteiger partial charge in [0.05, 0.1) is 17.6 Å². The van der Waals surface area contributed by atoms with Crippen LogP contribution in [0.1, 0.15) is 21.7 Å². The normalized spacial score (nSPS) is 10.8. The summed E-state index contributed by atoms with van der Waals surface area (Å²) in [6.45, 7) is 3.83. The van der Waals surface area contributed by atoms with Gasteiger partial charge in [0.1, 0.15) is 11.3 Å². The first-order valence-electron chi connectivity index (χ1n) is 8.25. The minimum absolute atomic E-state index is 0.288. The van der Waals surface area contributed by atoms with E-state index in [1.54, 1.807) is 13.1 Å². The lowest BCUT2D eigenvalue weighted by Crippen LogP contribution is -2.14. The Morgan fingerprint density at radius 3 is 2.77 bits per heavy atom. The Kier molecular flexibility index (Phi) is 3.93. The first-order valence-corrected chi connectivity index (χ1v) is 8.25. The molecule has 0 bridgehead atoms. The zero-order valence-corrected chi connectivity index (χ0v) is 14.5. The van der Waals surface area contributed by atoms with Gasteiger partial charge in [0.2, 0.25) is 0 Å². The van der Waals surface area contributed by atoms with Gasteiger partial charge in [-0.25, -0.2) is 9.97 Å². The first-order chi connectivity index (χ1) is 12.6. The minimum atomic E-state index is -0.288. The Balaban J connectivity index is 1.64. The number of rotatable bonds is 3. The second kappa shape index (κ2) is 6.40. The molecule has 128 valence electrons. The molecule has 0 aliphatic rings. The van der Waals surface area contributed by atoms with Gasteiger partial charge in [-0.15, -0.1) is 0 Å². The number of nitrogens with one attached hydrogen (secondary N) is 1. The largest absolute Gasteiger partial charge is 0.321 e. The van der Waals surface area contributed by atoms with Crippen molar-refractivity contribution in [1.82, 2.24) is 19.4 Å². The number of aromatic nitrogens is 4. The molecule has 0 spiro atoms. The van der Waals surface area contributed by atoms with E-state index in [4.69, 9.17) is 4.98 Å². The molecule has 4 aromatic rings. The Bertz CT molecular complexity index is 1120. The SMILES string of the molecule is Cc1cncc(C(=O)Nc2cccc(-c3cn4cccc(C)c4n3)c2)n1. The summed E-state index contributed by atoms with van der Waals surface area (Å²) in [5.41, 5.74) is 5.50. The standard InChI is InChI=1S/C20H17N5O/c1-13-5-4-8-25-12-18(24-19(13)25)15-6-3-7-16(9-15)23-20(26)17-11-21-10-14(2)22-17/h3-12H,1-2H3,(H,23,26). The molecule has 0 aliphatic heterocycles. The lowest BCUT2D eigenvalue weighted by atomic mass is 10.1. The number of carbonyl (C=O) groups is 1. The summed E-state index contributed by atoms with van der Waals surface area (Å²) in [5.74, 6) is -0.288. The van der Waals surface area contributed by atoms with E-state index in [-0.39, 0.29) is 5.91 Å². The summed E-state index contributed by atoms with van der Waals surface area (Å²) in [6, 6.07) is 11.6. The van der Waals surface area contributed by atoms with Crippen molar-refractivity contribution in [3.05, 3.63) is 78.1 Å². The van der Waals surface area contributed by atoms with E-state index in [0.29, 0.717) is 17.1 Å². The maximum absolute atomic E-state index is 12.4. The molecular weight excluding hydrogens is 326 g/mol. The highest BCUT2D eigenvalue weighted by Gasteiger charge is 2.10. The highest BCUT2D eigenvalue weighted by atomic mass is 16.1. The number of amides is 1. The third-order valence-electron chi connectivity index (χ3n) is 4.08. The maximum atomic E-state index is 12.4. The molecule has 1 N–H and O–H groups in total. The second-order valence-electron chi connectivity index (χ2n) is 6.13. The summed E-state index contributed by atoms with van der Waals surface area (Å²) in [4.78, 5) is 25.3. The van der Waals surface area contributed by atoms with Gasteiger partial charge in [-0.3, -0.25) is 9.78 Å². The molecule has 3 heterocycles. The van der Waals surface area contributed by atoms with Crippen molar-refractivity contribution in [1.29, 1.82) is 0 Å². The van der Waals surface area contributed by atoms with Crippen LogP contribution in [0.2, 0.25) is 0 Å². The van der Waals surface area contributed by atoms with Crippen LogP contribution in [-0.2, 0) is 0 Å². The Morgan fingerprint density at radius 2 is 1.96 bits per heavy atom. The Labute approximate surface area is 150 Å². The average molecular weight is 343 g/mol. The van der Waals surface area contributed by atoms with E-state index in [0.717, 1.165) is 22.5 Å². The van der Waals surface area contributed by atoms with Crippen molar-refractivity contribution in [2.45, 2.75) is 13.8 Å². The summed E-state index contributed by atoms with van der Waals surface area (Å²) in [7, 11) is 0. The van der Waals surface area contributed by atoms with Crippen LogP contribution in [0.15, 0.2) is 61.2 Å². The quantitative estimate of drug-likeness (QED) is 0.616. The fraction of sp³-hybridized carbons (Fsp3) is 0.100. The molecule has 0 saturated heterocycles. The van der Waals surface area contributed by atoms with Gasteiger partial charge >= 0.3 is 0 Å². The number of aryl methyl sites for hydroxylation is 2. The number of pyridine rings is 1. The van der Waals surface area contributed by atoms with Gasteiger partial charge in [0, 0.05) is 29.8 Å².